The molecule has 0 aliphatic heterocycles. The second-order valence-electron chi connectivity index (χ2n) is 9.34. The van der Waals surface area contributed by atoms with E-state index in [1.54, 1.807) is 0 Å². The molecule has 198 valence electrons. The molecule has 0 amide bonds. The van der Waals surface area contributed by atoms with Gasteiger partial charge in [-0.15, -0.1) is 0 Å². The number of phenols is 8. The Labute approximate surface area is 225 Å². The van der Waals surface area contributed by atoms with Crippen molar-refractivity contribution in [3.05, 3.63) is 84.9 Å². The van der Waals surface area contributed by atoms with Crippen molar-refractivity contribution in [1.82, 2.24) is 0 Å². The third-order valence-corrected chi connectivity index (χ3v) is 7.19. The van der Waals surface area contributed by atoms with Gasteiger partial charge in [-0.25, -0.2) is 0 Å². The van der Waals surface area contributed by atoms with E-state index in [1.807, 2.05) is 0 Å². The van der Waals surface area contributed by atoms with Gasteiger partial charge in [0, 0.05) is 21.5 Å². The van der Waals surface area contributed by atoms with Crippen molar-refractivity contribution in [2.24, 2.45) is 0 Å². The molecular formula is C32H22O8. The van der Waals surface area contributed by atoms with Gasteiger partial charge in [-0.05, 0) is 44.5 Å². The lowest BCUT2D eigenvalue weighted by atomic mass is 9.95. The molecule has 0 fully saturated rings. The molecule has 0 saturated carbocycles. The molecule has 0 heterocycles. The molecule has 0 saturated heterocycles. The largest absolute Gasteiger partial charge is 0.504 e. The fraction of sp³-hybridized carbons (Fsp3) is 0. The molecule has 0 bridgehead atoms. The summed E-state index contributed by atoms with van der Waals surface area (Å²) in [6.07, 6.45) is 0. The van der Waals surface area contributed by atoms with Crippen LogP contribution >= 0.6 is 0 Å². The van der Waals surface area contributed by atoms with E-state index in [2.05, 4.69) is 72.8 Å². The van der Waals surface area contributed by atoms with E-state index >= 15 is 0 Å². The molecule has 7 aromatic rings. The monoisotopic (exact) mass is 534 g/mol. The number of hydrogen-bond donors (Lipinski definition) is 8. The van der Waals surface area contributed by atoms with E-state index < -0.39 is 46.0 Å². The second-order valence-corrected chi connectivity index (χ2v) is 9.34. The Morgan fingerprint density at radius 2 is 0.450 bits per heavy atom. The summed E-state index contributed by atoms with van der Waals surface area (Å²) in [6.45, 7) is 0. The first-order chi connectivity index (χ1) is 19.2. The Morgan fingerprint density at radius 1 is 0.225 bits per heavy atom. The van der Waals surface area contributed by atoms with E-state index in [9.17, 15) is 40.9 Å². The van der Waals surface area contributed by atoms with Crippen molar-refractivity contribution >= 4 is 53.9 Å². The second kappa shape index (κ2) is 8.92. The molecule has 40 heavy (non-hydrogen) atoms. The van der Waals surface area contributed by atoms with Crippen molar-refractivity contribution in [2.45, 2.75) is 0 Å². The van der Waals surface area contributed by atoms with Crippen LogP contribution in [0.15, 0.2) is 84.9 Å². The van der Waals surface area contributed by atoms with E-state index in [0.717, 1.165) is 0 Å². The van der Waals surface area contributed by atoms with Gasteiger partial charge >= 0.3 is 0 Å². The van der Waals surface area contributed by atoms with Crippen LogP contribution in [0, 0.1) is 0 Å². The summed E-state index contributed by atoms with van der Waals surface area (Å²) in [7, 11) is 0. The molecule has 8 N–H and O–H groups in total. The lowest BCUT2D eigenvalue weighted by Crippen LogP contribution is -1.85. The van der Waals surface area contributed by atoms with Gasteiger partial charge < -0.3 is 40.9 Å². The van der Waals surface area contributed by atoms with Crippen molar-refractivity contribution in [3.8, 4) is 46.0 Å². The van der Waals surface area contributed by atoms with Crippen LogP contribution in [-0.4, -0.2) is 40.9 Å². The minimum Gasteiger partial charge on any atom is -0.504 e. The highest BCUT2D eigenvalue weighted by Crippen LogP contribution is 2.56. The van der Waals surface area contributed by atoms with E-state index in [-0.39, 0.29) is 21.5 Å². The summed E-state index contributed by atoms with van der Waals surface area (Å²) in [6, 6.07) is 28.3. The molecule has 7 aromatic carbocycles. The number of benzene rings is 7. The van der Waals surface area contributed by atoms with Gasteiger partial charge in [-0.2, -0.15) is 0 Å². The highest BCUT2D eigenvalue weighted by Gasteiger charge is 2.25. The highest BCUT2D eigenvalue weighted by molar-refractivity contribution is 6.25. The van der Waals surface area contributed by atoms with Crippen LogP contribution in [0.5, 0.6) is 46.0 Å². The van der Waals surface area contributed by atoms with Crippen LogP contribution < -0.4 is 0 Å². The lowest BCUT2D eigenvalue weighted by Gasteiger charge is -2.14. The summed E-state index contributed by atoms with van der Waals surface area (Å²) >= 11 is 0. The molecule has 0 atom stereocenters. The Balaban J connectivity index is 0.000000147. The molecule has 0 aliphatic carbocycles. The fourth-order valence-corrected chi connectivity index (χ4v) is 5.29. The molecule has 0 radical (unpaired) electrons. The summed E-state index contributed by atoms with van der Waals surface area (Å²) < 4.78 is 0. The van der Waals surface area contributed by atoms with Crippen LogP contribution in [0.4, 0.5) is 0 Å². The normalized spacial score (nSPS) is 11.3. The smallest absolute Gasteiger partial charge is 0.204 e. The predicted molar refractivity (Wildman–Crippen MR) is 154 cm³/mol. The Kier molecular flexibility index (Phi) is 5.48. The summed E-state index contributed by atoms with van der Waals surface area (Å²) in [5, 5.41) is 85.0. The first kappa shape index (κ1) is 24.6. The molecule has 0 aromatic heterocycles. The molecule has 0 spiro atoms. The zero-order valence-corrected chi connectivity index (χ0v) is 20.7. The van der Waals surface area contributed by atoms with E-state index in [1.165, 1.54) is 44.5 Å². The molecule has 0 aliphatic rings. The molecule has 0 unspecified atom stereocenters. The van der Waals surface area contributed by atoms with Gasteiger partial charge in [0.2, 0.25) is 23.0 Å². The number of aromatic hydroxyl groups is 8. The van der Waals surface area contributed by atoms with Gasteiger partial charge in [0.25, 0.3) is 0 Å². The minimum atomic E-state index is -1.04. The van der Waals surface area contributed by atoms with Gasteiger partial charge in [-0.3, -0.25) is 0 Å². The maximum Gasteiger partial charge on any atom is 0.204 e. The lowest BCUT2D eigenvalue weighted by molar-refractivity contribution is 0.349. The van der Waals surface area contributed by atoms with Crippen molar-refractivity contribution in [3.63, 3.8) is 0 Å². The van der Waals surface area contributed by atoms with E-state index in [0.29, 0.717) is 0 Å². The van der Waals surface area contributed by atoms with Crippen molar-refractivity contribution in [1.29, 1.82) is 0 Å². The topological polar surface area (TPSA) is 162 Å². The van der Waals surface area contributed by atoms with Crippen LogP contribution in [0.3, 0.4) is 0 Å². The summed E-state index contributed by atoms with van der Waals surface area (Å²) in [5.74, 6) is -7.29. The fourth-order valence-electron chi connectivity index (χ4n) is 5.29. The van der Waals surface area contributed by atoms with Gasteiger partial charge in [0.05, 0.1) is 0 Å². The number of phenolic OH excluding ortho intramolecular Hbond substituents is 8. The van der Waals surface area contributed by atoms with Crippen LogP contribution in [-0.2, 0) is 0 Å². The average Bonchev–Trinajstić information content (AvgIpc) is 3.00. The van der Waals surface area contributed by atoms with Gasteiger partial charge in [0.1, 0.15) is 0 Å². The maximum atomic E-state index is 9.98. The molecule has 8 nitrogen and oxygen atoms in total. The Morgan fingerprint density at radius 3 is 0.700 bits per heavy atom. The van der Waals surface area contributed by atoms with Crippen LogP contribution in [0.1, 0.15) is 0 Å². The minimum absolute atomic E-state index is 0.153. The highest BCUT2D eigenvalue weighted by atomic mass is 16.4. The summed E-state index contributed by atoms with van der Waals surface area (Å²) in [4.78, 5) is 0. The number of rotatable bonds is 0. The van der Waals surface area contributed by atoms with E-state index in [4.69, 9.17) is 0 Å². The average molecular weight is 535 g/mol. The van der Waals surface area contributed by atoms with Crippen LogP contribution in [0.2, 0.25) is 0 Å². The Bertz CT molecular complexity index is 1850. The quantitative estimate of drug-likeness (QED) is 0.0599. The zero-order valence-electron chi connectivity index (χ0n) is 20.7. The third-order valence-electron chi connectivity index (χ3n) is 7.19. The van der Waals surface area contributed by atoms with Gasteiger partial charge in [0.15, 0.2) is 23.0 Å². The van der Waals surface area contributed by atoms with Crippen LogP contribution in [0.25, 0.3) is 53.9 Å². The summed E-state index contributed by atoms with van der Waals surface area (Å²) in [5.41, 5.74) is 0. The Hall–Kier alpha value is -5.76. The maximum absolute atomic E-state index is 9.98. The molecular weight excluding hydrogens is 512 g/mol. The first-order valence-electron chi connectivity index (χ1n) is 12.2. The predicted octanol–water partition coefficient (Wildman–Crippen LogP) is 6.78. The molecule has 8 heteroatoms. The first-order valence-corrected chi connectivity index (χ1v) is 12.2. The SMILES string of the molecule is Oc1c(O)c(O)c2c(ccc3c(O)c(O)c(O)c(O)c32)c1O.c1ccc2c(c1)c1ccccc1c1ccccc21. The number of hydrogen-bond acceptors (Lipinski definition) is 8. The van der Waals surface area contributed by atoms with Gasteiger partial charge in [-0.1, -0.05) is 72.8 Å². The number of fused-ring (bicyclic) bond motifs is 9. The van der Waals surface area contributed by atoms with Crippen molar-refractivity contribution < 1.29 is 40.9 Å². The third kappa shape index (κ3) is 3.40. The standard InChI is InChI=1S/C18H12.C14H10O8/c1-2-8-14-13(7-1)15-9-3-4-11-17(15)18-12-6-5-10-16(14)18;15-7-3-1-2-4-6(5(3)9(17)13(21)11(7)19)10(18)14(22)12(20)8(4)16/h1-12H;1-2,15-22H. The van der Waals surface area contributed by atoms with Crippen molar-refractivity contribution in [2.75, 3.05) is 0 Å². The zero-order chi connectivity index (χ0) is 28.3. The molecule has 7 rings (SSSR count).